The highest BCUT2D eigenvalue weighted by Crippen LogP contribution is 2.12. The second kappa shape index (κ2) is 6.40. The van der Waals surface area contributed by atoms with Gasteiger partial charge in [-0.3, -0.25) is 0 Å². The van der Waals surface area contributed by atoms with Crippen molar-refractivity contribution in [1.82, 2.24) is 0 Å². The lowest BCUT2D eigenvalue weighted by atomic mass is 10.2. The standard InChI is InChI=1S/C12H17FO2/c1-10(14)5-2-3-8-15-12-7-4-6-11(13)9-12/h4,6-7,9-10,14H,2-3,5,8H2,1H3/t10-/m1/s1. The second-order valence-electron chi connectivity index (χ2n) is 3.65. The summed E-state index contributed by atoms with van der Waals surface area (Å²) in [6.07, 6.45) is 2.33. The van der Waals surface area contributed by atoms with Gasteiger partial charge in [0.1, 0.15) is 11.6 Å². The minimum absolute atomic E-state index is 0.251. The number of hydrogen-bond acceptors (Lipinski definition) is 2. The van der Waals surface area contributed by atoms with Crippen LogP contribution in [-0.2, 0) is 0 Å². The summed E-state index contributed by atoms with van der Waals surface area (Å²) in [4.78, 5) is 0. The molecule has 84 valence electrons. The average Bonchev–Trinajstić information content (AvgIpc) is 2.17. The molecule has 3 heteroatoms. The van der Waals surface area contributed by atoms with Crippen LogP contribution in [0.4, 0.5) is 4.39 Å². The van der Waals surface area contributed by atoms with E-state index in [4.69, 9.17) is 9.84 Å². The third-order valence-corrected chi connectivity index (χ3v) is 2.08. The van der Waals surface area contributed by atoms with Gasteiger partial charge < -0.3 is 9.84 Å². The Labute approximate surface area is 89.7 Å². The highest BCUT2D eigenvalue weighted by Gasteiger charge is 1.97. The Balaban J connectivity index is 2.15. The first-order chi connectivity index (χ1) is 7.18. The molecule has 1 N–H and O–H groups in total. The summed E-state index contributed by atoms with van der Waals surface area (Å²) in [5.41, 5.74) is 0. The first-order valence-electron chi connectivity index (χ1n) is 5.25. The van der Waals surface area contributed by atoms with Crippen LogP contribution in [0.3, 0.4) is 0 Å². The largest absolute Gasteiger partial charge is 0.493 e. The molecule has 0 heterocycles. The van der Waals surface area contributed by atoms with Gasteiger partial charge in [-0.05, 0) is 38.3 Å². The van der Waals surface area contributed by atoms with Crippen molar-refractivity contribution in [3.05, 3.63) is 30.1 Å². The van der Waals surface area contributed by atoms with E-state index in [1.54, 1.807) is 19.1 Å². The SMILES string of the molecule is C[C@@H](O)CCCCOc1cccc(F)c1. The van der Waals surface area contributed by atoms with Gasteiger partial charge in [0.25, 0.3) is 0 Å². The Morgan fingerprint density at radius 2 is 2.20 bits per heavy atom. The van der Waals surface area contributed by atoms with Crippen LogP contribution in [0.2, 0.25) is 0 Å². The maximum atomic E-state index is 12.7. The molecular weight excluding hydrogens is 195 g/mol. The van der Waals surface area contributed by atoms with Crippen LogP contribution < -0.4 is 4.74 Å². The van der Waals surface area contributed by atoms with Crippen molar-refractivity contribution in [2.45, 2.75) is 32.3 Å². The van der Waals surface area contributed by atoms with Gasteiger partial charge in [-0.15, -0.1) is 0 Å². The first kappa shape index (κ1) is 12.0. The van der Waals surface area contributed by atoms with E-state index in [0.29, 0.717) is 12.4 Å². The quantitative estimate of drug-likeness (QED) is 0.735. The number of aliphatic hydroxyl groups is 1. The molecule has 1 aromatic rings. The number of ether oxygens (including phenoxy) is 1. The topological polar surface area (TPSA) is 29.5 Å². The molecule has 0 aliphatic carbocycles. The maximum absolute atomic E-state index is 12.7. The summed E-state index contributed by atoms with van der Waals surface area (Å²) in [5.74, 6) is 0.281. The van der Waals surface area contributed by atoms with Gasteiger partial charge >= 0.3 is 0 Å². The molecule has 0 aliphatic heterocycles. The van der Waals surface area contributed by atoms with Crippen LogP contribution in [-0.4, -0.2) is 17.8 Å². The van der Waals surface area contributed by atoms with Crippen LogP contribution >= 0.6 is 0 Å². The number of benzene rings is 1. The van der Waals surface area contributed by atoms with Crippen LogP contribution in [0.15, 0.2) is 24.3 Å². The third-order valence-electron chi connectivity index (χ3n) is 2.08. The molecule has 0 amide bonds. The van der Waals surface area contributed by atoms with Gasteiger partial charge in [-0.25, -0.2) is 4.39 Å². The summed E-state index contributed by atoms with van der Waals surface area (Å²) in [6.45, 7) is 2.34. The fraction of sp³-hybridized carbons (Fsp3) is 0.500. The number of hydrogen-bond donors (Lipinski definition) is 1. The Morgan fingerprint density at radius 3 is 2.87 bits per heavy atom. The summed E-state index contributed by atoms with van der Waals surface area (Å²) < 4.78 is 18.1. The van der Waals surface area contributed by atoms with Crippen molar-refractivity contribution in [2.24, 2.45) is 0 Å². The highest BCUT2D eigenvalue weighted by molar-refractivity contribution is 5.22. The van der Waals surface area contributed by atoms with Crippen molar-refractivity contribution >= 4 is 0 Å². The van der Waals surface area contributed by atoms with E-state index in [0.717, 1.165) is 19.3 Å². The van der Waals surface area contributed by atoms with E-state index in [1.165, 1.54) is 12.1 Å². The van der Waals surface area contributed by atoms with E-state index >= 15 is 0 Å². The van der Waals surface area contributed by atoms with Gasteiger partial charge in [0.05, 0.1) is 12.7 Å². The molecule has 1 atom stereocenters. The van der Waals surface area contributed by atoms with Crippen LogP contribution in [0.25, 0.3) is 0 Å². The summed E-state index contributed by atoms with van der Waals surface area (Å²) in [6, 6.07) is 6.12. The molecule has 0 unspecified atom stereocenters. The van der Waals surface area contributed by atoms with Crippen molar-refractivity contribution in [3.8, 4) is 5.75 Å². The predicted molar refractivity (Wildman–Crippen MR) is 57.4 cm³/mol. The van der Waals surface area contributed by atoms with Gasteiger partial charge in [-0.1, -0.05) is 6.07 Å². The fourth-order valence-electron chi connectivity index (χ4n) is 1.29. The monoisotopic (exact) mass is 212 g/mol. The van der Waals surface area contributed by atoms with Crippen molar-refractivity contribution in [1.29, 1.82) is 0 Å². The minimum atomic E-state index is -0.281. The Hall–Kier alpha value is -1.09. The molecular formula is C12H17FO2. The van der Waals surface area contributed by atoms with Gasteiger partial charge in [-0.2, -0.15) is 0 Å². The number of aliphatic hydroxyl groups excluding tert-OH is 1. The van der Waals surface area contributed by atoms with E-state index in [9.17, 15) is 4.39 Å². The molecule has 1 rings (SSSR count). The molecule has 0 aliphatic rings. The number of halogens is 1. The molecule has 0 spiro atoms. The minimum Gasteiger partial charge on any atom is -0.493 e. The summed E-state index contributed by atoms with van der Waals surface area (Å²) in [5, 5.41) is 9.01. The average molecular weight is 212 g/mol. The van der Waals surface area contributed by atoms with E-state index < -0.39 is 0 Å². The summed E-state index contributed by atoms with van der Waals surface area (Å²) in [7, 11) is 0. The first-order valence-corrected chi connectivity index (χ1v) is 5.25. The third kappa shape index (κ3) is 5.37. The number of rotatable bonds is 6. The fourth-order valence-corrected chi connectivity index (χ4v) is 1.29. The zero-order chi connectivity index (χ0) is 11.1. The van der Waals surface area contributed by atoms with Crippen LogP contribution in [0.1, 0.15) is 26.2 Å². The molecule has 1 aromatic carbocycles. The van der Waals surface area contributed by atoms with Crippen molar-refractivity contribution in [3.63, 3.8) is 0 Å². The molecule has 0 bridgehead atoms. The normalized spacial score (nSPS) is 12.5. The second-order valence-corrected chi connectivity index (χ2v) is 3.65. The van der Waals surface area contributed by atoms with Crippen LogP contribution in [0, 0.1) is 5.82 Å². The molecule has 15 heavy (non-hydrogen) atoms. The Bertz CT molecular complexity index is 287. The van der Waals surface area contributed by atoms with Gasteiger partial charge in [0.15, 0.2) is 0 Å². The molecule has 0 saturated heterocycles. The zero-order valence-electron chi connectivity index (χ0n) is 8.95. The van der Waals surface area contributed by atoms with Gasteiger partial charge in [0, 0.05) is 6.07 Å². The lowest BCUT2D eigenvalue weighted by molar-refractivity contribution is 0.177. The zero-order valence-corrected chi connectivity index (χ0v) is 8.95. The highest BCUT2D eigenvalue weighted by atomic mass is 19.1. The Kier molecular flexibility index (Phi) is 5.12. The molecule has 0 saturated carbocycles. The number of unbranched alkanes of at least 4 members (excludes halogenated alkanes) is 1. The summed E-state index contributed by atoms with van der Waals surface area (Å²) >= 11 is 0. The smallest absolute Gasteiger partial charge is 0.126 e. The molecule has 0 radical (unpaired) electrons. The molecule has 0 fully saturated rings. The lowest BCUT2D eigenvalue weighted by Crippen LogP contribution is -2.02. The van der Waals surface area contributed by atoms with E-state index in [1.807, 2.05) is 0 Å². The van der Waals surface area contributed by atoms with E-state index in [2.05, 4.69) is 0 Å². The van der Waals surface area contributed by atoms with Gasteiger partial charge in [0.2, 0.25) is 0 Å². The van der Waals surface area contributed by atoms with E-state index in [-0.39, 0.29) is 11.9 Å². The van der Waals surface area contributed by atoms with Crippen molar-refractivity contribution < 1.29 is 14.2 Å². The van der Waals surface area contributed by atoms with Crippen molar-refractivity contribution in [2.75, 3.05) is 6.61 Å². The predicted octanol–water partition coefficient (Wildman–Crippen LogP) is 2.76. The lowest BCUT2D eigenvalue weighted by Gasteiger charge is -2.06. The molecule has 0 aromatic heterocycles. The molecule has 2 nitrogen and oxygen atoms in total. The van der Waals surface area contributed by atoms with Crippen LogP contribution in [0.5, 0.6) is 5.75 Å². The Morgan fingerprint density at radius 1 is 1.40 bits per heavy atom. The maximum Gasteiger partial charge on any atom is 0.126 e.